The molecule has 1 N–H and O–H groups in total. The first-order valence-corrected chi connectivity index (χ1v) is 9.17. The molecule has 6 heteroatoms. The van der Waals surface area contributed by atoms with Crippen LogP contribution in [0.2, 0.25) is 0 Å². The van der Waals surface area contributed by atoms with E-state index in [9.17, 15) is 9.59 Å². The summed E-state index contributed by atoms with van der Waals surface area (Å²) < 4.78 is 1.78. The van der Waals surface area contributed by atoms with Gasteiger partial charge in [-0.1, -0.05) is 18.2 Å². The van der Waals surface area contributed by atoms with Crippen LogP contribution in [0.3, 0.4) is 0 Å². The largest absolute Gasteiger partial charge is 0.349 e. The SMILES string of the molecule is Cc1cc(C)n(CC(=O)N2C[C@@H]3C[C@H]2C[C@@H]3NC(=O)c2ccccc2)n1. The Labute approximate surface area is 153 Å². The van der Waals surface area contributed by atoms with Crippen LogP contribution in [0, 0.1) is 19.8 Å². The number of nitrogens with one attached hydrogen (secondary N) is 1. The maximum atomic E-state index is 12.7. The summed E-state index contributed by atoms with van der Waals surface area (Å²) in [6.07, 6.45) is 1.81. The van der Waals surface area contributed by atoms with Crippen LogP contribution in [0.1, 0.15) is 34.6 Å². The van der Waals surface area contributed by atoms with Gasteiger partial charge in [-0.2, -0.15) is 5.10 Å². The third-order valence-electron chi connectivity index (χ3n) is 5.60. The van der Waals surface area contributed by atoms with E-state index < -0.39 is 0 Å². The number of aromatic nitrogens is 2. The molecule has 2 bridgehead atoms. The predicted molar refractivity (Wildman–Crippen MR) is 97.6 cm³/mol. The first-order chi connectivity index (χ1) is 12.5. The molecule has 136 valence electrons. The monoisotopic (exact) mass is 352 g/mol. The van der Waals surface area contributed by atoms with E-state index in [0.717, 1.165) is 30.8 Å². The van der Waals surface area contributed by atoms with Crippen LogP contribution >= 0.6 is 0 Å². The van der Waals surface area contributed by atoms with Crippen LogP contribution in [0.4, 0.5) is 0 Å². The lowest BCUT2D eigenvalue weighted by Gasteiger charge is -2.32. The summed E-state index contributed by atoms with van der Waals surface area (Å²) in [6.45, 7) is 4.93. The molecule has 1 aromatic carbocycles. The van der Waals surface area contributed by atoms with Crippen LogP contribution in [-0.4, -0.2) is 45.1 Å². The molecule has 1 saturated carbocycles. The number of likely N-dealkylation sites (tertiary alicyclic amines) is 1. The van der Waals surface area contributed by atoms with Gasteiger partial charge in [0.15, 0.2) is 0 Å². The van der Waals surface area contributed by atoms with E-state index in [2.05, 4.69) is 10.4 Å². The molecule has 1 aliphatic carbocycles. The lowest BCUT2D eigenvalue weighted by atomic mass is 10.0. The zero-order valence-electron chi connectivity index (χ0n) is 15.2. The summed E-state index contributed by atoms with van der Waals surface area (Å²) in [7, 11) is 0. The number of nitrogens with zero attached hydrogens (tertiary/aromatic N) is 3. The molecule has 3 atom stereocenters. The third kappa shape index (κ3) is 3.11. The third-order valence-corrected chi connectivity index (χ3v) is 5.60. The number of amides is 2. The van der Waals surface area contributed by atoms with Crippen molar-refractivity contribution in [2.75, 3.05) is 6.54 Å². The van der Waals surface area contributed by atoms with Crippen LogP contribution in [0.15, 0.2) is 36.4 Å². The maximum absolute atomic E-state index is 12.7. The van der Waals surface area contributed by atoms with Crippen molar-refractivity contribution in [2.24, 2.45) is 5.92 Å². The normalized spacial score (nSPS) is 24.1. The summed E-state index contributed by atoms with van der Waals surface area (Å²) in [6, 6.07) is 11.7. The number of fused-ring (bicyclic) bond motifs is 2. The average Bonchev–Trinajstić information content (AvgIpc) is 3.30. The Kier molecular flexibility index (Phi) is 4.26. The van der Waals surface area contributed by atoms with Gasteiger partial charge in [0.05, 0.1) is 5.69 Å². The van der Waals surface area contributed by atoms with Gasteiger partial charge in [-0.3, -0.25) is 14.3 Å². The van der Waals surface area contributed by atoms with Crippen LogP contribution in [0.25, 0.3) is 0 Å². The molecule has 1 saturated heterocycles. The van der Waals surface area contributed by atoms with Gasteiger partial charge in [0.2, 0.25) is 5.91 Å². The second-order valence-electron chi connectivity index (χ2n) is 7.46. The molecule has 2 amide bonds. The van der Waals surface area contributed by atoms with Crippen molar-refractivity contribution >= 4 is 11.8 Å². The van der Waals surface area contributed by atoms with Crippen molar-refractivity contribution in [3.8, 4) is 0 Å². The zero-order chi connectivity index (χ0) is 18.3. The number of carbonyl (C=O) groups excluding carboxylic acids is 2. The number of benzene rings is 1. The van der Waals surface area contributed by atoms with Crippen molar-refractivity contribution in [2.45, 2.75) is 45.3 Å². The Morgan fingerprint density at radius 3 is 2.58 bits per heavy atom. The molecular formula is C20H24N4O2. The Bertz CT molecular complexity index is 830. The zero-order valence-corrected chi connectivity index (χ0v) is 15.2. The van der Waals surface area contributed by atoms with E-state index in [1.807, 2.05) is 55.1 Å². The first kappa shape index (κ1) is 16.8. The molecular weight excluding hydrogens is 328 g/mol. The Morgan fingerprint density at radius 1 is 1.19 bits per heavy atom. The highest BCUT2D eigenvalue weighted by Crippen LogP contribution is 2.38. The van der Waals surface area contributed by atoms with Gasteiger partial charge < -0.3 is 10.2 Å². The molecule has 2 aliphatic rings. The molecule has 0 radical (unpaired) electrons. The van der Waals surface area contributed by atoms with Crippen LogP contribution in [-0.2, 0) is 11.3 Å². The van der Waals surface area contributed by atoms with Gasteiger partial charge in [-0.05, 0) is 50.8 Å². The van der Waals surface area contributed by atoms with Gasteiger partial charge >= 0.3 is 0 Å². The van der Waals surface area contributed by atoms with E-state index in [1.165, 1.54) is 0 Å². The Morgan fingerprint density at radius 2 is 1.96 bits per heavy atom. The minimum absolute atomic E-state index is 0.0244. The number of hydrogen-bond acceptors (Lipinski definition) is 3. The molecule has 0 unspecified atom stereocenters. The average molecular weight is 352 g/mol. The fraction of sp³-hybridized carbons (Fsp3) is 0.450. The van der Waals surface area contributed by atoms with E-state index in [-0.39, 0.29) is 23.9 Å². The predicted octanol–water partition coefficient (Wildman–Crippen LogP) is 1.92. The van der Waals surface area contributed by atoms with Gasteiger partial charge in [-0.25, -0.2) is 0 Å². The first-order valence-electron chi connectivity index (χ1n) is 9.17. The molecule has 0 spiro atoms. The molecule has 4 rings (SSSR count). The van der Waals surface area contributed by atoms with Crippen LogP contribution in [0.5, 0.6) is 0 Å². The van der Waals surface area contributed by atoms with Crippen molar-refractivity contribution in [3.05, 3.63) is 53.3 Å². The Balaban J connectivity index is 1.35. The summed E-state index contributed by atoms with van der Waals surface area (Å²) in [4.78, 5) is 27.0. The molecule has 2 heterocycles. The van der Waals surface area contributed by atoms with E-state index in [1.54, 1.807) is 4.68 Å². The smallest absolute Gasteiger partial charge is 0.251 e. The summed E-state index contributed by atoms with van der Waals surface area (Å²) in [5.41, 5.74) is 2.63. The summed E-state index contributed by atoms with van der Waals surface area (Å²) in [5.74, 6) is 0.442. The number of hydrogen-bond donors (Lipinski definition) is 1. The van der Waals surface area contributed by atoms with Crippen molar-refractivity contribution in [1.29, 1.82) is 0 Å². The second-order valence-corrected chi connectivity index (χ2v) is 7.46. The number of piperidine rings is 1. The molecule has 6 nitrogen and oxygen atoms in total. The molecule has 1 aromatic heterocycles. The minimum atomic E-state index is -0.0244. The van der Waals surface area contributed by atoms with Gasteiger partial charge in [-0.15, -0.1) is 0 Å². The van der Waals surface area contributed by atoms with Crippen LogP contribution < -0.4 is 5.32 Å². The van der Waals surface area contributed by atoms with Crippen molar-refractivity contribution in [1.82, 2.24) is 20.0 Å². The van der Waals surface area contributed by atoms with Gasteiger partial charge in [0.1, 0.15) is 6.54 Å². The highest BCUT2D eigenvalue weighted by atomic mass is 16.2. The molecule has 2 aromatic rings. The number of aryl methyl sites for hydroxylation is 2. The summed E-state index contributed by atoms with van der Waals surface area (Å²) >= 11 is 0. The van der Waals surface area contributed by atoms with E-state index in [0.29, 0.717) is 18.0 Å². The quantitative estimate of drug-likeness (QED) is 0.914. The molecule has 2 fully saturated rings. The molecule has 26 heavy (non-hydrogen) atoms. The van der Waals surface area contributed by atoms with Gasteiger partial charge in [0, 0.05) is 29.9 Å². The van der Waals surface area contributed by atoms with Crippen molar-refractivity contribution in [3.63, 3.8) is 0 Å². The van der Waals surface area contributed by atoms with E-state index >= 15 is 0 Å². The Hall–Kier alpha value is -2.63. The maximum Gasteiger partial charge on any atom is 0.251 e. The standard InChI is InChI=1S/C20H24N4O2/c1-13-8-14(2)24(22-13)12-19(25)23-11-16-9-17(23)10-18(16)21-20(26)15-6-4-3-5-7-15/h3-8,16-18H,9-12H2,1-2H3,(H,21,26)/t16-,17-,18-/m0/s1. The fourth-order valence-electron chi connectivity index (χ4n) is 4.33. The molecule has 1 aliphatic heterocycles. The highest BCUT2D eigenvalue weighted by molar-refractivity contribution is 5.94. The summed E-state index contributed by atoms with van der Waals surface area (Å²) in [5, 5.41) is 7.54. The fourth-order valence-corrected chi connectivity index (χ4v) is 4.33. The topological polar surface area (TPSA) is 67.2 Å². The van der Waals surface area contributed by atoms with E-state index in [4.69, 9.17) is 0 Å². The number of rotatable bonds is 4. The van der Waals surface area contributed by atoms with Gasteiger partial charge in [0.25, 0.3) is 5.91 Å². The highest BCUT2D eigenvalue weighted by Gasteiger charge is 2.46. The lowest BCUT2D eigenvalue weighted by molar-refractivity contribution is -0.133. The minimum Gasteiger partial charge on any atom is -0.349 e. The number of carbonyl (C=O) groups is 2. The lowest BCUT2D eigenvalue weighted by Crippen LogP contribution is -2.48. The van der Waals surface area contributed by atoms with Crippen molar-refractivity contribution < 1.29 is 9.59 Å². The second kappa shape index (κ2) is 6.59.